The van der Waals surface area contributed by atoms with Crippen LogP contribution in [-0.4, -0.2) is 55.4 Å². The van der Waals surface area contributed by atoms with E-state index in [4.69, 9.17) is 4.74 Å². The van der Waals surface area contributed by atoms with Crippen LogP contribution in [0.4, 0.5) is 10.8 Å². The highest BCUT2D eigenvalue weighted by atomic mass is 32.1. The summed E-state index contributed by atoms with van der Waals surface area (Å²) in [5.41, 5.74) is 5.39. The van der Waals surface area contributed by atoms with E-state index >= 15 is 0 Å². The quantitative estimate of drug-likeness (QED) is 0.600. The van der Waals surface area contributed by atoms with Crippen molar-refractivity contribution in [1.82, 2.24) is 10.4 Å². The maximum absolute atomic E-state index is 12.4. The molecule has 152 valence electrons. The SMILES string of the molecule is C/C(=N/NC(=O)c1csc(N2CCOCC2)n1)c1ccc(N2CCCC2=O)cc1. The Morgan fingerprint density at radius 1 is 1.21 bits per heavy atom. The van der Waals surface area contributed by atoms with Crippen LogP contribution >= 0.6 is 11.3 Å². The van der Waals surface area contributed by atoms with E-state index in [9.17, 15) is 9.59 Å². The number of carbonyl (C=O) groups is 2. The van der Waals surface area contributed by atoms with E-state index in [0.717, 1.165) is 42.4 Å². The summed E-state index contributed by atoms with van der Waals surface area (Å²) >= 11 is 1.45. The Morgan fingerprint density at radius 2 is 1.97 bits per heavy atom. The summed E-state index contributed by atoms with van der Waals surface area (Å²) in [7, 11) is 0. The minimum Gasteiger partial charge on any atom is -0.378 e. The first kappa shape index (κ1) is 19.5. The van der Waals surface area contributed by atoms with Crippen LogP contribution in [0.1, 0.15) is 35.8 Å². The van der Waals surface area contributed by atoms with Gasteiger partial charge >= 0.3 is 0 Å². The number of amides is 2. The van der Waals surface area contributed by atoms with E-state index < -0.39 is 0 Å². The maximum atomic E-state index is 12.4. The molecule has 0 spiro atoms. The third-order valence-corrected chi connectivity index (χ3v) is 5.90. The van der Waals surface area contributed by atoms with Gasteiger partial charge in [-0.25, -0.2) is 10.4 Å². The van der Waals surface area contributed by atoms with Gasteiger partial charge < -0.3 is 14.5 Å². The van der Waals surface area contributed by atoms with Crippen molar-refractivity contribution in [3.63, 3.8) is 0 Å². The average Bonchev–Trinajstić information content (AvgIpc) is 3.42. The van der Waals surface area contributed by atoms with Gasteiger partial charge in [0.25, 0.3) is 5.91 Å². The third-order valence-electron chi connectivity index (χ3n) is 5.00. The molecule has 0 aliphatic carbocycles. The van der Waals surface area contributed by atoms with Crippen LogP contribution in [0.25, 0.3) is 0 Å². The predicted molar refractivity (Wildman–Crippen MR) is 113 cm³/mol. The van der Waals surface area contributed by atoms with Gasteiger partial charge in [0.1, 0.15) is 5.69 Å². The predicted octanol–water partition coefficient (Wildman–Crippen LogP) is 2.26. The van der Waals surface area contributed by atoms with Crippen LogP contribution in [0.2, 0.25) is 0 Å². The average molecular weight is 414 g/mol. The molecule has 3 heterocycles. The fourth-order valence-corrected chi connectivity index (χ4v) is 4.19. The molecule has 0 saturated carbocycles. The molecule has 2 fully saturated rings. The first-order valence-electron chi connectivity index (χ1n) is 9.65. The van der Waals surface area contributed by atoms with Crippen molar-refractivity contribution in [3.8, 4) is 0 Å². The molecule has 2 saturated heterocycles. The molecule has 0 atom stereocenters. The molecular formula is C20H23N5O3S. The minimum atomic E-state index is -0.334. The zero-order valence-corrected chi connectivity index (χ0v) is 17.1. The summed E-state index contributed by atoms with van der Waals surface area (Å²) in [6.45, 7) is 5.51. The molecule has 29 heavy (non-hydrogen) atoms. The molecule has 1 aromatic heterocycles. The number of anilines is 2. The Bertz CT molecular complexity index is 918. The van der Waals surface area contributed by atoms with Crippen molar-refractivity contribution in [2.45, 2.75) is 19.8 Å². The first-order valence-corrected chi connectivity index (χ1v) is 10.5. The number of benzene rings is 1. The second kappa shape index (κ2) is 8.71. The van der Waals surface area contributed by atoms with Crippen molar-refractivity contribution in [3.05, 3.63) is 40.9 Å². The van der Waals surface area contributed by atoms with Crippen LogP contribution in [0.15, 0.2) is 34.7 Å². The van der Waals surface area contributed by atoms with Crippen molar-refractivity contribution in [1.29, 1.82) is 0 Å². The molecular weight excluding hydrogens is 390 g/mol. The summed E-state index contributed by atoms with van der Waals surface area (Å²) in [4.78, 5) is 32.6. The van der Waals surface area contributed by atoms with Crippen LogP contribution < -0.4 is 15.2 Å². The number of aromatic nitrogens is 1. The van der Waals surface area contributed by atoms with E-state index in [-0.39, 0.29) is 11.8 Å². The highest BCUT2D eigenvalue weighted by molar-refractivity contribution is 7.13. The largest absolute Gasteiger partial charge is 0.378 e. The molecule has 2 aliphatic heterocycles. The van der Waals surface area contributed by atoms with E-state index in [1.165, 1.54) is 11.3 Å². The summed E-state index contributed by atoms with van der Waals surface area (Å²) in [5, 5.41) is 6.77. The summed E-state index contributed by atoms with van der Waals surface area (Å²) in [6, 6.07) is 7.64. The topological polar surface area (TPSA) is 87.1 Å². The molecule has 9 heteroatoms. The third kappa shape index (κ3) is 4.46. The highest BCUT2D eigenvalue weighted by Gasteiger charge is 2.21. The zero-order valence-electron chi connectivity index (χ0n) is 16.3. The van der Waals surface area contributed by atoms with Gasteiger partial charge in [0, 0.05) is 37.1 Å². The lowest BCUT2D eigenvalue weighted by molar-refractivity contribution is -0.117. The van der Waals surface area contributed by atoms with Crippen molar-refractivity contribution in [2.75, 3.05) is 42.6 Å². The molecule has 1 N–H and O–H groups in total. The van der Waals surface area contributed by atoms with Gasteiger partial charge in [-0.2, -0.15) is 5.10 Å². The van der Waals surface area contributed by atoms with Crippen LogP contribution in [0.3, 0.4) is 0 Å². The molecule has 2 aromatic rings. The number of hydrogen-bond acceptors (Lipinski definition) is 7. The molecule has 8 nitrogen and oxygen atoms in total. The fourth-order valence-electron chi connectivity index (χ4n) is 3.33. The second-order valence-electron chi connectivity index (χ2n) is 6.95. The summed E-state index contributed by atoms with van der Waals surface area (Å²) in [5.74, 6) is -0.172. The van der Waals surface area contributed by atoms with Crippen molar-refractivity contribution < 1.29 is 14.3 Å². The number of hydrogen-bond donors (Lipinski definition) is 1. The standard InChI is InChI=1S/C20H23N5O3S/c1-14(15-4-6-16(7-5-15)25-8-2-3-18(25)26)22-23-19(27)17-13-29-20(21-17)24-9-11-28-12-10-24/h4-7,13H,2-3,8-12H2,1H3,(H,23,27)/b22-14-. The van der Waals surface area contributed by atoms with Gasteiger partial charge in [0.2, 0.25) is 5.91 Å². The van der Waals surface area contributed by atoms with Crippen molar-refractivity contribution >= 4 is 39.7 Å². The van der Waals surface area contributed by atoms with Crippen LogP contribution in [0, 0.1) is 0 Å². The Balaban J connectivity index is 1.37. The Hall–Kier alpha value is -2.78. The number of rotatable bonds is 5. The van der Waals surface area contributed by atoms with Gasteiger partial charge in [-0.05, 0) is 31.0 Å². The lowest BCUT2D eigenvalue weighted by Gasteiger charge is -2.25. The number of hydrazone groups is 1. The van der Waals surface area contributed by atoms with Gasteiger partial charge in [0.15, 0.2) is 5.13 Å². The Labute approximate surface area is 173 Å². The maximum Gasteiger partial charge on any atom is 0.290 e. The monoisotopic (exact) mass is 413 g/mol. The zero-order chi connectivity index (χ0) is 20.2. The van der Waals surface area contributed by atoms with E-state index in [1.54, 1.807) is 10.3 Å². The molecule has 2 aliphatic rings. The lowest BCUT2D eigenvalue weighted by atomic mass is 10.1. The molecule has 0 unspecified atom stereocenters. The smallest absolute Gasteiger partial charge is 0.290 e. The fraction of sp³-hybridized carbons (Fsp3) is 0.400. The lowest BCUT2D eigenvalue weighted by Crippen LogP contribution is -2.36. The molecule has 0 radical (unpaired) electrons. The van der Waals surface area contributed by atoms with Crippen LogP contribution in [-0.2, 0) is 9.53 Å². The molecule has 1 aromatic carbocycles. The van der Waals surface area contributed by atoms with E-state index in [2.05, 4.69) is 20.4 Å². The number of carbonyl (C=O) groups excluding carboxylic acids is 2. The molecule has 2 amide bonds. The van der Waals surface area contributed by atoms with Crippen molar-refractivity contribution in [2.24, 2.45) is 5.10 Å². The second-order valence-corrected chi connectivity index (χ2v) is 7.79. The highest BCUT2D eigenvalue weighted by Crippen LogP contribution is 2.22. The number of nitrogens with one attached hydrogen (secondary N) is 1. The van der Waals surface area contributed by atoms with Gasteiger partial charge in [-0.1, -0.05) is 12.1 Å². The Morgan fingerprint density at radius 3 is 2.66 bits per heavy atom. The summed E-state index contributed by atoms with van der Waals surface area (Å²) < 4.78 is 5.34. The van der Waals surface area contributed by atoms with Gasteiger partial charge in [-0.3, -0.25) is 9.59 Å². The number of nitrogens with zero attached hydrogens (tertiary/aromatic N) is 4. The first-order chi connectivity index (χ1) is 14.1. The number of ether oxygens (including phenoxy) is 1. The van der Waals surface area contributed by atoms with Gasteiger partial charge in [0.05, 0.1) is 18.9 Å². The van der Waals surface area contributed by atoms with Gasteiger partial charge in [-0.15, -0.1) is 11.3 Å². The normalized spacial score (nSPS) is 17.7. The minimum absolute atomic E-state index is 0.162. The Kier molecular flexibility index (Phi) is 5.86. The molecule has 4 rings (SSSR count). The van der Waals surface area contributed by atoms with Crippen LogP contribution in [0.5, 0.6) is 0 Å². The van der Waals surface area contributed by atoms with E-state index in [1.807, 2.05) is 31.2 Å². The molecule has 0 bridgehead atoms. The number of morpholine rings is 1. The number of thiazole rings is 1. The summed E-state index contributed by atoms with van der Waals surface area (Å²) in [6.07, 6.45) is 1.51. The van der Waals surface area contributed by atoms with E-state index in [0.29, 0.717) is 31.0 Å².